The van der Waals surface area contributed by atoms with Crippen molar-refractivity contribution in [1.82, 2.24) is 5.48 Å². The molecule has 0 aromatic rings. The van der Waals surface area contributed by atoms with Gasteiger partial charge in [-0.2, -0.15) is 0 Å². The molecule has 1 aliphatic carbocycles. The average Bonchev–Trinajstić information content (AvgIpc) is 1.64. The topological polar surface area (TPSA) is 52.5 Å². The maximum Gasteiger partial charge on any atom is 0.0794 e. The van der Waals surface area contributed by atoms with Crippen molar-refractivity contribution in [1.29, 1.82) is 0 Å². The van der Waals surface area contributed by atoms with E-state index in [-0.39, 0.29) is 0 Å². The fourth-order valence-corrected chi connectivity index (χ4v) is 0.909. The molecule has 0 aromatic carbocycles. The van der Waals surface area contributed by atoms with Crippen molar-refractivity contribution in [3.63, 3.8) is 0 Å². The second kappa shape index (κ2) is 2.01. The molecule has 0 unspecified atom stereocenters. The monoisotopic (exact) mass is 117 g/mol. The molecule has 3 N–H and O–H groups in total. The summed E-state index contributed by atoms with van der Waals surface area (Å²) in [7, 11) is 0. The molecule has 1 saturated carbocycles. The van der Waals surface area contributed by atoms with E-state index in [0.717, 1.165) is 19.3 Å². The van der Waals surface area contributed by atoms with E-state index in [9.17, 15) is 5.11 Å². The van der Waals surface area contributed by atoms with Gasteiger partial charge in [-0.05, 0) is 19.3 Å². The number of rotatable bonds is 2. The van der Waals surface area contributed by atoms with E-state index in [2.05, 4.69) is 0 Å². The molecule has 0 saturated heterocycles. The van der Waals surface area contributed by atoms with E-state index in [1.54, 1.807) is 0 Å². The van der Waals surface area contributed by atoms with E-state index >= 15 is 0 Å². The van der Waals surface area contributed by atoms with Gasteiger partial charge < -0.3 is 10.3 Å². The molecule has 1 rings (SSSR count). The molecule has 48 valence electrons. The molecule has 0 atom stereocenters. The van der Waals surface area contributed by atoms with Gasteiger partial charge in [0.15, 0.2) is 0 Å². The van der Waals surface area contributed by atoms with Crippen molar-refractivity contribution in [3.8, 4) is 0 Å². The molecule has 1 aliphatic rings. The Morgan fingerprint density at radius 1 is 1.50 bits per heavy atom. The van der Waals surface area contributed by atoms with Crippen LogP contribution in [0.2, 0.25) is 0 Å². The standard InChI is InChI=1S/C5H11NO2/c7-5(4-6-8)2-1-3-5/h6-8H,1-4H2. The molecule has 0 aromatic heterocycles. The quantitative estimate of drug-likeness (QED) is 0.442. The summed E-state index contributed by atoms with van der Waals surface area (Å²) in [4.78, 5) is 0. The number of hydrogen-bond donors (Lipinski definition) is 3. The second-order valence-electron chi connectivity index (χ2n) is 2.41. The van der Waals surface area contributed by atoms with Gasteiger partial charge in [-0.3, -0.25) is 0 Å². The third-order valence-corrected chi connectivity index (χ3v) is 1.69. The Bertz CT molecular complexity index is 80.5. The number of nitrogens with one attached hydrogen (secondary N) is 1. The van der Waals surface area contributed by atoms with Crippen LogP contribution < -0.4 is 5.48 Å². The van der Waals surface area contributed by atoms with Crippen molar-refractivity contribution in [3.05, 3.63) is 0 Å². The summed E-state index contributed by atoms with van der Waals surface area (Å²) in [6.45, 7) is 0.312. The molecule has 8 heavy (non-hydrogen) atoms. The number of hydrogen-bond acceptors (Lipinski definition) is 3. The Labute approximate surface area is 48.3 Å². The lowest BCUT2D eigenvalue weighted by atomic mass is 9.80. The minimum absolute atomic E-state index is 0.312. The van der Waals surface area contributed by atoms with E-state index in [4.69, 9.17) is 5.21 Å². The Morgan fingerprint density at radius 3 is 2.25 bits per heavy atom. The van der Waals surface area contributed by atoms with Crippen LogP contribution in [0.3, 0.4) is 0 Å². The Morgan fingerprint density at radius 2 is 2.12 bits per heavy atom. The summed E-state index contributed by atoms with van der Waals surface area (Å²) in [5.74, 6) is 0. The Kier molecular flexibility index (Phi) is 1.51. The first kappa shape index (κ1) is 6.01. The van der Waals surface area contributed by atoms with Gasteiger partial charge in [-0.25, -0.2) is 5.48 Å². The lowest BCUT2D eigenvalue weighted by Crippen LogP contribution is -2.45. The highest BCUT2D eigenvalue weighted by Crippen LogP contribution is 2.30. The molecule has 3 nitrogen and oxygen atoms in total. The van der Waals surface area contributed by atoms with Crippen molar-refractivity contribution < 1.29 is 10.3 Å². The van der Waals surface area contributed by atoms with Crippen molar-refractivity contribution >= 4 is 0 Å². The normalized spacial score (nSPS) is 24.8. The summed E-state index contributed by atoms with van der Waals surface area (Å²) in [6.07, 6.45) is 2.72. The van der Waals surface area contributed by atoms with E-state index in [1.165, 1.54) is 0 Å². The molecular weight excluding hydrogens is 106 g/mol. The van der Waals surface area contributed by atoms with Gasteiger partial charge in [0.1, 0.15) is 0 Å². The van der Waals surface area contributed by atoms with E-state index in [1.807, 2.05) is 5.48 Å². The van der Waals surface area contributed by atoms with E-state index < -0.39 is 5.60 Å². The summed E-state index contributed by atoms with van der Waals surface area (Å²) in [5, 5.41) is 17.3. The highest BCUT2D eigenvalue weighted by Gasteiger charge is 2.33. The Hall–Kier alpha value is -0.120. The van der Waals surface area contributed by atoms with Crippen LogP contribution in [0.4, 0.5) is 0 Å². The van der Waals surface area contributed by atoms with Crippen LogP contribution in [0.1, 0.15) is 19.3 Å². The van der Waals surface area contributed by atoms with Crippen LogP contribution in [0.25, 0.3) is 0 Å². The number of hydroxylamine groups is 1. The van der Waals surface area contributed by atoms with Crippen LogP contribution >= 0.6 is 0 Å². The molecule has 1 fully saturated rings. The lowest BCUT2D eigenvalue weighted by Gasteiger charge is -2.35. The molecule has 0 spiro atoms. The van der Waals surface area contributed by atoms with Gasteiger partial charge in [0.25, 0.3) is 0 Å². The van der Waals surface area contributed by atoms with E-state index in [0.29, 0.717) is 6.54 Å². The summed E-state index contributed by atoms with van der Waals surface area (Å²) < 4.78 is 0. The zero-order chi connectivity index (χ0) is 6.04. The van der Waals surface area contributed by atoms with Crippen LogP contribution in [-0.4, -0.2) is 22.5 Å². The van der Waals surface area contributed by atoms with Crippen LogP contribution in [0, 0.1) is 0 Å². The largest absolute Gasteiger partial charge is 0.388 e. The smallest absolute Gasteiger partial charge is 0.0794 e. The molecule has 3 heteroatoms. The maximum absolute atomic E-state index is 9.19. The zero-order valence-electron chi connectivity index (χ0n) is 4.72. The fraction of sp³-hybridized carbons (Fsp3) is 1.00. The van der Waals surface area contributed by atoms with Gasteiger partial charge >= 0.3 is 0 Å². The molecule has 0 radical (unpaired) electrons. The fourth-order valence-electron chi connectivity index (χ4n) is 0.909. The minimum atomic E-state index is -0.589. The lowest BCUT2D eigenvalue weighted by molar-refractivity contribution is -0.0553. The zero-order valence-corrected chi connectivity index (χ0v) is 4.72. The third kappa shape index (κ3) is 0.992. The predicted molar refractivity (Wildman–Crippen MR) is 28.6 cm³/mol. The molecule has 0 heterocycles. The van der Waals surface area contributed by atoms with Gasteiger partial charge in [-0.15, -0.1) is 0 Å². The predicted octanol–water partition coefficient (Wildman–Crippen LogP) is -0.120. The van der Waals surface area contributed by atoms with Crippen LogP contribution in [-0.2, 0) is 0 Å². The van der Waals surface area contributed by atoms with Gasteiger partial charge in [0.05, 0.1) is 5.60 Å². The van der Waals surface area contributed by atoms with Crippen molar-refractivity contribution in [2.24, 2.45) is 0 Å². The summed E-state index contributed by atoms with van der Waals surface area (Å²) in [5.41, 5.74) is 1.37. The highest BCUT2D eigenvalue weighted by molar-refractivity contribution is 4.88. The van der Waals surface area contributed by atoms with Gasteiger partial charge in [0, 0.05) is 6.54 Å². The van der Waals surface area contributed by atoms with Gasteiger partial charge in [0.2, 0.25) is 0 Å². The first-order chi connectivity index (χ1) is 3.77. The minimum Gasteiger partial charge on any atom is -0.388 e. The molecule has 0 amide bonds. The van der Waals surface area contributed by atoms with Crippen molar-refractivity contribution in [2.75, 3.05) is 6.54 Å². The van der Waals surface area contributed by atoms with Crippen LogP contribution in [0.15, 0.2) is 0 Å². The first-order valence-electron chi connectivity index (χ1n) is 2.86. The number of aliphatic hydroxyl groups is 1. The SMILES string of the molecule is ONCC1(O)CCC1. The molecular formula is C5H11NO2. The van der Waals surface area contributed by atoms with Gasteiger partial charge in [-0.1, -0.05) is 0 Å². The first-order valence-corrected chi connectivity index (χ1v) is 2.86. The Balaban J connectivity index is 2.20. The highest BCUT2D eigenvalue weighted by atomic mass is 16.5. The van der Waals surface area contributed by atoms with Crippen molar-refractivity contribution in [2.45, 2.75) is 24.9 Å². The molecule has 0 bridgehead atoms. The maximum atomic E-state index is 9.19. The molecule has 0 aliphatic heterocycles. The summed E-state index contributed by atoms with van der Waals surface area (Å²) in [6, 6.07) is 0. The second-order valence-corrected chi connectivity index (χ2v) is 2.41. The van der Waals surface area contributed by atoms with Crippen LogP contribution in [0.5, 0.6) is 0 Å². The average molecular weight is 117 g/mol. The summed E-state index contributed by atoms with van der Waals surface area (Å²) >= 11 is 0. The third-order valence-electron chi connectivity index (χ3n) is 1.69.